The van der Waals surface area contributed by atoms with Crippen molar-refractivity contribution in [3.63, 3.8) is 0 Å². The Morgan fingerprint density at radius 2 is 1.40 bits per heavy atom. The standard InChI is InChI=1S/2BrH.ClH.Li.Mg/h3*1H;;/q;;;+1;+2/p-3. The van der Waals surface area contributed by atoms with Gasteiger partial charge in [0, 0.05) is 0 Å². The molecule has 0 atom stereocenters. The van der Waals surface area contributed by atoms with Crippen LogP contribution in [0.3, 0.4) is 0 Å². The summed E-state index contributed by atoms with van der Waals surface area (Å²) in [6.45, 7) is 0. The summed E-state index contributed by atoms with van der Waals surface area (Å²) < 4.78 is 0. The van der Waals surface area contributed by atoms with Gasteiger partial charge in [-0.1, -0.05) is 0 Å². The molecular weight excluding hydrogens is 227 g/mol. The molecule has 24 valence electrons. The maximum atomic E-state index is 4.64. The minimum absolute atomic E-state index is 0.0417. The van der Waals surface area contributed by atoms with Crippen molar-refractivity contribution in [2.45, 2.75) is 0 Å². The second-order valence-electron chi connectivity index (χ2n) is 0.101. The predicted molar refractivity (Wildman–Crippen MR) is 35.2 cm³/mol. The molecule has 0 spiro atoms. The third-order valence-corrected chi connectivity index (χ3v) is 0. The number of halogens is 3. The molecule has 5 heteroatoms. The van der Waals surface area contributed by atoms with Gasteiger partial charge in [0.1, 0.15) is 0 Å². The van der Waals surface area contributed by atoms with Crippen molar-refractivity contribution in [2.75, 3.05) is 0 Å². The predicted octanol–water partition coefficient (Wildman–Crippen LogP) is 1.62. The summed E-state index contributed by atoms with van der Waals surface area (Å²) in [6.07, 6.45) is 0. The fraction of sp³-hybridized carbons (Fsp3) is 0. The first-order valence-electron chi connectivity index (χ1n) is 0.912. The van der Waals surface area contributed by atoms with Crippen molar-refractivity contribution in [2.24, 2.45) is 0 Å². The van der Waals surface area contributed by atoms with Crippen LogP contribution >= 0.6 is 35.6 Å². The molecule has 0 unspecified atom stereocenters. The molecule has 0 heterocycles. The molecular formula is Br2ClLiMg. The van der Waals surface area contributed by atoms with E-state index in [-0.39, 0.29) is 16.0 Å². The van der Waals surface area contributed by atoms with Gasteiger partial charge in [-0.2, -0.15) is 0 Å². The van der Waals surface area contributed by atoms with Crippen LogP contribution < -0.4 is 0 Å². The van der Waals surface area contributed by atoms with E-state index in [0.717, 1.165) is 0 Å². The van der Waals surface area contributed by atoms with Crippen LogP contribution in [0.25, 0.3) is 0 Å². The Balaban J connectivity index is 0. The Hall–Kier alpha value is 2.61. The van der Waals surface area contributed by atoms with Gasteiger partial charge in [0.25, 0.3) is 0 Å². The Labute approximate surface area is 67.2 Å². The van der Waals surface area contributed by atoms with Crippen LogP contribution in [0.5, 0.6) is 0 Å². The van der Waals surface area contributed by atoms with Gasteiger partial charge in [-0.25, -0.2) is 0 Å². The molecule has 0 fully saturated rings. The van der Waals surface area contributed by atoms with Crippen molar-refractivity contribution in [3.05, 3.63) is 0 Å². The summed E-state index contributed by atoms with van der Waals surface area (Å²) in [5.74, 6) is 0. The average Bonchev–Trinajstić information content (AvgIpc) is 1.46. The summed E-state index contributed by atoms with van der Waals surface area (Å²) in [6, 6.07) is 0. The molecule has 0 aliphatic heterocycles. The zero-order valence-electron chi connectivity index (χ0n) is 2.84. The molecule has 0 rings (SSSR count). The van der Waals surface area contributed by atoms with Gasteiger partial charge in [-0.05, 0) is 0 Å². The summed E-state index contributed by atoms with van der Waals surface area (Å²) in [5, 5.41) is 0. The van der Waals surface area contributed by atoms with Crippen LogP contribution in [-0.2, 0) is 0 Å². The Bertz CT molecular complexity index is 9.61. The van der Waals surface area contributed by atoms with E-state index in [0.29, 0.717) is 0 Å². The third-order valence-electron chi connectivity index (χ3n) is 0. The minimum atomic E-state index is 0.0417. The van der Waals surface area contributed by atoms with Gasteiger partial charge in [-0.3, -0.25) is 25.8 Å². The van der Waals surface area contributed by atoms with Crippen molar-refractivity contribution < 1.29 is 0 Å². The van der Waals surface area contributed by atoms with Crippen LogP contribution in [0, 0.1) is 0 Å². The van der Waals surface area contributed by atoms with E-state index < -0.39 is 0 Å². The monoisotopic (exact) mass is 224 g/mol. The first kappa shape index (κ1) is 10.6. The van der Waals surface area contributed by atoms with Crippen molar-refractivity contribution in [3.8, 4) is 0 Å². The van der Waals surface area contributed by atoms with Crippen molar-refractivity contribution in [1.82, 2.24) is 0 Å². The first-order chi connectivity index (χ1) is 2.41. The Morgan fingerprint density at radius 3 is 1.40 bits per heavy atom. The SMILES string of the molecule is [Br][Mg][Br].[Li][Cl]. The van der Waals surface area contributed by atoms with Crippen LogP contribution in [0.4, 0.5) is 0 Å². The average molecular weight is 227 g/mol. The molecule has 0 aromatic carbocycles. The zero-order valence-corrected chi connectivity index (χ0v) is 8.18. The van der Waals surface area contributed by atoms with Gasteiger partial charge in [-0.15, -0.1) is 0 Å². The topological polar surface area (TPSA) is 0 Å². The van der Waals surface area contributed by atoms with Crippen LogP contribution in [0.1, 0.15) is 0 Å². The van der Waals surface area contributed by atoms with Crippen molar-refractivity contribution in [1.29, 1.82) is 0 Å². The Kier molecular flexibility index (Phi) is 33.7. The Morgan fingerprint density at radius 1 is 1.40 bits per heavy atom. The molecule has 0 saturated heterocycles. The van der Waals surface area contributed by atoms with Gasteiger partial charge < -0.3 is 0 Å². The van der Waals surface area contributed by atoms with E-state index in [4.69, 9.17) is 0 Å². The molecule has 0 aliphatic rings. The van der Waals surface area contributed by atoms with Crippen molar-refractivity contribution >= 4 is 68.3 Å². The molecule has 0 aliphatic carbocycles. The first-order valence-corrected chi connectivity index (χ1v) is 9.47. The molecule has 0 amide bonds. The third kappa shape index (κ3) is 20.6. The molecule has 0 radical (unpaired) electrons. The molecule has 0 aromatic heterocycles. The number of hydrogen-bond donors (Lipinski definition) is 0. The van der Waals surface area contributed by atoms with E-state index in [9.17, 15) is 0 Å². The quantitative estimate of drug-likeness (QED) is 0.551. The summed E-state index contributed by atoms with van der Waals surface area (Å²) in [7, 11) is 4.64. The molecule has 0 saturated carbocycles. The summed E-state index contributed by atoms with van der Waals surface area (Å²) in [4.78, 5) is 0. The maximum absolute atomic E-state index is 4.64. The number of rotatable bonds is 0. The second kappa shape index (κ2) is 16.0. The molecule has 0 aromatic rings. The number of hydrogen-bond acceptors (Lipinski definition) is 0. The summed E-state index contributed by atoms with van der Waals surface area (Å²) in [5.41, 5.74) is 0. The van der Waals surface area contributed by atoms with Gasteiger partial charge in [0.15, 0.2) is 0 Å². The normalized spacial score (nSPS) is 3.40. The second-order valence-corrected chi connectivity index (χ2v) is 8.18. The fourth-order valence-corrected chi connectivity index (χ4v) is 0. The molecule has 5 heavy (non-hydrogen) atoms. The van der Waals surface area contributed by atoms with E-state index in [1.165, 1.54) is 16.7 Å². The van der Waals surface area contributed by atoms with E-state index >= 15 is 0 Å². The molecule has 0 N–H and O–H groups in total. The van der Waals surface area contributed by atoms with Gasteiger partial charge in [0.05, 0.1) is 0 Å². The molecule has 0 bridgehead atoms. The van der Waals surface area contributed by atoms with Gasteiger partial charge >= 0.3 is 42.6 Å². The molecule has 0 nitrogen and oxygen atoms in total. The van der Waals surface area contributed by atoms with Crippen LogP contribution in [0.15, 0.2) is 0 Å². The fourth-order valence-electron chi connectivity index (χ4n) is 0. The van der Waals surface area contributed by atoms with Gasteiger partial charge in [0.2, 0.25) is 0 Å². The summed E-state index contributed by atoms with van der Waals surface area (Å²) >= 11 is 7.92. The zero-order chi connectivity index (χ0) is 4.71. The van der Waals surface area contributed by atoms with Crippen LogP contribution in [-0.4, -0.2) is 32.8 Å². The van der Waals surface area contributed by atoms with E-state index in [1.54, 1.807) is 0 Å². The van der Waals surface area contributed by atoms with E-state index in [2.05, 4.69) is 35.6 Å². The van der Waals surface area contributed by atoms with Crippen LogP contribution in [0.2, 0.25) is 0 Å². The van der Waals surface area contributed by atoms with E-state index in [1.807, 2.05) is 0 Å².